The lowest BCUT2D eigenvalue weighted by molar-refractivity contribution is 0.163. The highest BCUT2D eigenvalue weighted by molar-refractivity contribution is 4.84. The summed E-state index contributed by atoms with van der Waals surface area (Å²) in [6.07, 6.45) is 3.59. The summed E-state index contributed by atoms with van der Waals surface area (Å²) in [6.45, 7) is 9.94. The van der Waals surface area contributed by atoms with E-state index in [2.05, 4.69) is 38.8 Å². The van der Waals surface area contributed by atoms with E-state index in [0.717, 1.165) is 32.7 Å². The highest BCUT2D eigenvalue weighted by atomic mass is 15.3. The zero-order chi connectivity index (χ0) is 10.7. The lowest BCUT2D eigenvalue weighted by atomic mass is 10.0. The van der Waals surface area contributed by atoms with Gasteiger partial charge in [-0.3, -0.25) is 4.90 Å². The Labute approximate surface area is 90.5 Å². The van der Waals surface area contributed by atoms with Crippen LogP contribution in [-0.2, 0) is 5.54 Å². The maximum absolute atomic E-state index is 3.86. The Balaban J connectivity index is 1.97. The van der Waals surface area contributed by atoms with Crippen LogP contribution in [0, 0.1) is 0 Å². The zero-order valence-electron chi connectivity index (χ0n) is 9.48. The number of hydrogen-bond donors (Lipinski definition) is 1. The second kappa shape index (κ2) is 4.28. The summed E-state index contributed by atoms with van der Waals surface area (Å²) in [5, 5.41) is 11.1. The fourth-order valence-corrected chi connectivity index (χ4v) is 2.01. The van der Waals surface area contributed by atoms with Gasteiger partial charge in [0.1, 0.15) is 12.7 Å². The maximum Gasteiger partial charge on any atom is 0.119 e. The highest BCUT2D eigenvalue weighted by Gasteiger charge is 2.24. The lowest BCUT2D eigenvalue weighted by Gasteiger charge is -2.35. The number of piperazine rings is 1. The van der Waals surface area contributed by atoms with Crippen LogP contribution < -0.4 is 5.32 Å². The molecular weight excluding hydrogens is 190 g/mol. The average Bonchev–Trinajstić information content (AvgIpc) is 2.71. The van der Waals surface area contributed by atoms with E-state index in [9.17, 15) is 0 Å². The summed E-state index contributed by atoms with van der Waals surface area (Å²) in [7, 11) is 0. The topological polar surface area (TPSA) is 46.0 Å². The molecule has 0 aliphatic carbocycles. The molecule has 15 heavy (non-hydrogen) atoms. The van der Waals surface area contributed by atoms with Crippen LogP contribution >= 0.6 is 0 Å². The van der Waals surface area contributed by atoms with Crippen molar-refractivity contribution < 1.29 is 0 Å². The number of hydrogen-bond acceptors (Lipinski definition) is 4. The van der Waals surface area contributed by atoms with Gasteiger partial charge in [-0.25, -0.2) is 0 Å². The minimum atomic E-state index is 0.0703. The second-order valence-corrected chi connectivity index (χ2v) is 4.71. The molecule has 5 nitrogen and oxygen atoms in total. The summed E-state index contributed by atoms with van der Waals surface area (Å²) < 4.78 is 2.08. The van der Waals surface area contributed by atoms with Gasteiger partial charge in [0.05, 0.1) is 5.54 Å². The number of aromatic nitrogens is 3. The molecular formula is C10H19N5. The molecule has 5 heteroatoms. The first-order chi connectivity index (χ1) is 7.18. The molecule has 0 radical (unpaired) electrons. The van der Waals surface area contributed by atoms with E-state index in [1.165, 1.54) is 0 Å². The third-order valence-corrected chi connectivity index (χ3v) is 2.94. The monoisotopic (exact) mass is 209 g/mol. The third-order valence-electron chi connectivity index (χ3n) is 2.94. The predicted octanol–water partition coefficient (Wildman–Crippen LogP) is -0.0816. The van der Waals surface area contributed by atoms with Crippen molar-refractivity contribution >= 4 is 0 Å². The summed E-state index contributed by atoms with van der Waals surface area (Å²) in [5.41, 5.74) is 0.0703. The number of nitrogens with zero attached hydrogens (tertiary/aromatic N) is 4. The van der Waals surface area contributed by atoms with E-state index in [-0.39, 0.29) is 5.54 Å². The van der Waals surface area contributed by atoms with Crippen LogP contribution in [0.25, 0.3) is 0 Å². The van der Waals surface area contributed by atoms with Gasteiger partial charge in [-0.2, -0.15) is 0 Å². The molecule has 1 aromatic rings. The van der Waals surface area contributed by atoms with E-state index in [0.29, 0.717) is 0 Å². The quantitative estimate of drug-likeness (QED) is 0.756. The molecule has 1 aromatic heterocycles. The molecule has 1 N–H and O–H groups in total. The molecule has 2 heterocycles. The number of rotatable bonds is 3. The minimum Gasteiger partial charge on any atom is -0.314 e. The van der Waals surface area contributed by atoms with Gasteiger partial charge >= 0.3 is 0 Å². The minimum absolute atomic E-state index is 0.0703. The van der Waals surface area contributed by atoms with Gasteiger partial charge in [-0.15, -0.1) is 10.2 Å². The Hall–Kier alpha value is -0.940. The van der Waals surface area contributed by atoms with Crippen molar-refractivity contribution in [3.8, 4) is 0 Å². The Morgan fingerprint density at radius 1 is 1.20 bits per heavy atom. The molecule has 0 unspecified atom stereocenters. The van der Waals surface area contributed by atoms with E-state index >= 15 is 0 Å². The molecule has 84 valence electrons. The van der Waals surface area contributed by atoms with Crippen molar-refractivity contribution in [2.24, 2.45) is 0 Å². The Bertz CT molecular complexity index is 287. The van der Waals surface area contributed by atoms with Crippen molar-refractivity contribution in [3.63, 3.8) is 0 Å². The largest absolute Gasteiger partial charge is 0.314 e. The van der Waals surface area contributed by atoms with Gasteiger partial charge in [-0.1, -0.05) is 0 Å². The van der Waals surface area contributed by atoms with Gasteiger partial charge < -0.3 is 9.88 Å². The van der Waals surface area contributed by atoms with E-state index in [1.807, 2.05) is 0 Å². The zero-order valence-corrected chi connectivity index (χ0v) is 9.48. The standard InChI is InChI=1S/C10H19N5/c1-10(2,15-8-12-13-9-15)7-14-5-3-11-4-6-14/h8-9,11H,3-7H2,1-2H3. The van der Waals surface area contributed by atoms with Crippen LogP contribution in [0.3, 0.4) is 0 Å². The van der Waals surface area contributed by atoms with E-state index < -0.39 is 0 Å². The fourth-order valence-electron chi connectivity index (χ4n) is 2.01. The first-order valence-electron chi connectivity index (χ1n) is 5.47. The highest BCUT2D eigenvalue weighted by Crippen LogP contribution is 2.15. The lowest BCUT2D eigenvalue weighted by Crippen LogP contribution is -2.49. The molecule has 0 bridgehead atoms. The second-order valence-electron chi connectivity index (χ2n) is 4.71. The molecule has 1 saturated heterocycles. The SMILES string of the molecule is CC(C)(CN1CCNCC1)n1cnnc1. The Kier molecular flexibility index (Phi) is 3.02. The third kappa shape index (κ3) is 2.54. The molecule has 0 saturated carbocycles. The van der Waals surface area contributed by atoms with E-state index in [4.69, 9.17) is 0 Å². The summed E-state index contributed by atoms with van der Waals surface area (Å²) in [4.78, 5) is 2.48. The predicted molar refractivity (Wildman–Crippen MR) is 58.7 cm³/mol. The van der Waals surface area contributed by atoms with Crippen LogP contribution in [0.4, 0.5) is 0 Å². The molecule has 0 amide bonds. The Morgan fingerprint density at radius 2 is 1.80 bits per heavy atom. The van der Waals surface area contributed by atoms with Crippen molar-refractivity contribution in [2.45, 2.75) is 19.4 Å². The van der Waals surface area contributed by atoms with Crippen LogP contribution in [-0.4, -0.2) is 52.4 Å². The van der Waals surface area contributed by atoms with Gasteiger partial charge in [-0.05, 0) is 13.8 Å². The number of nitrogens with one attached hydrogen (secondary N) is 1. The van der Waals surface area contributed by atoms with Gasteiger partial charge in [0.25, 0.3) is 0 Å². The van der Waals surface area contributed by atoms with Crippen molar-refractivity contribution in [1.29, 1.82) is 0 Å². The van der Waals surface area contributed by atoms with Crippen LogP contribution in [0.5, 0.6) is 0 Å². The molecule has 1 aliphatic rings. The van der Waals surface area contributed by atoms with Crippen LogP contribution in [0.2, 0.25) is 0 Å². The van der Waals surface area contributed by atoms with Gasteiger partial charge in [0, 0.05) is 32.7 Å². The van der Waals surface area contributed by atoms with Crippen molar-refractivity contribution in [1.82, 2.24) is 25.0 Å². The first-order valence-corrected chi connectivity index (χ1v) is 5.47. The fraction of sp³-hybridized carbons (Fsp3) is 0.800. The van der Waals surface area contributed by atoms with E-state index in [1.54, 1.807) is 12.7 Å². The van der Waals surface area contributed by atoms with Gasteiger partial charge in [0.15, 0.2) is 0 Å². The summed E-state index contributed by atoms with van der Waals surface area (Å²) >= 11 is 0. The molecule has 1 aliphatic heterocycles. The van der Waals surface area contributed by atoms with Crippen LogP contribution in [0.1, 0.15) is 13.8 Å². The summed E-state index contributed by atoms with van der Waals surface area (Å²) in [5.74, 6) is 0. The smallest absolute Gasteiger partial charge is 0.119 e. The Morgan fingerprint density at radius 3 is 2.40 bits per heavy atom. The summed E-state index contributed by atoms with van der Waals surface area (Å²) in [6, 6.07) is 0. The normalized spacial score (nSPS) is 19.3. The van der Waals surface area contributed by atoms with Crippen molar-refractivity contribution in [2.75, 3.05) is 32.7 Å². The average molecular weight is 209 g/mol. The molecule has 0 aromatic carbocycles. The maximum atomic E-state index is 3.86. The van der Waals surface area contributed by atoms with Crippen LogP contribution in [0.15, 0.2) is 12.7 Å². The molecule has 2 rings (SSSR count). The molecule has 0 spiro atoms. The molecule has 0 atom stereocenters. The molecule has 1 fully saturated rings. The van der Waals surface area contributed by atoms with Crippen molar-refractivity contribution in [3.05, 3.63) is 12.7 Å². The van der Waals surface area contributed by atoms with Gasteiger partial charge in [0.2, 0.25) is 0 Å². The first kappa shape index (κ1) is 10.6.